The van der Waals surface area contributed by atoms with Gasteiger partial charge in [-0.25, -0.2) is 18.1 Å². The number of nitrogens with zero attached hydrogens (tertiary/aromatic N) is 2. The Kier molecular flexibility index (Phi) is 4.13. The van der Waals surface area contributed by atoms with Crippen molar-refractivity contribution in [3.8, 4) is 0 Å². The number of nitrogens with one attached hydrogen (secondary N) is 1. The van der Waals surface area contributed by atoms with E-state index in [4.69, 9.17) is 11.6 Å². The Bertz CT molecular complexity index is 694. The predicted octanol–water partition coefficient (Wildman–Crippen LogP) is 1.63. The van der Waals surface area contributed by atoms with Gasteiger partial charge in [0.1, 0.15) is 5.82 Å². The maximum absolute atomic E-state index is 11.1. The molecule has 2 aromatic rings. The molecule has 19 heavy (non-hydrogen) atoms. The third-order valence-electron chi connectivity index (χ3n) is 2.80. The number of halogens is 1. The Hall–Kier alpha value is -1.11. The highest BCUT2D eigenvalue weighted by molar-refractivity contribution is 7.88. The number of imidazole rings is 1. The molecule has 0 aliphatic carbocycles. The lowest BCUT2D eigenvalue weighted by Gasteiger charge is -2.08. The van der Waals surface area contributed by atoms with Gasteiger partial charge in [-0.1, -0.05) is 6.07 Å². The number of alkyl halides is 1. The minimum atomic E-state index is -3.18. The first-order valence-electron chi connectivity index (χ1n) is 5.87. The molecule has 0 fully saturated rings. The molecule has 2 rings (SSSR count). The van der Waals surface area contributed by atoms with Crippen LogP contribution in [0.25, 0.3) is 11.0 Å². The molecule has 1 N–H and O–H groups in total. The van der Waals surface area contributed by atoms with Crippen molar-refractivity contribution in [1.82, 2.24) is 14.3 Å². The molecule has 7 heteroatoms. The first-order chi connectivity index (χ1) is 8.90. The van der Waals surface area contributed by atoms with Crippen LogP contribution in [0, 0.1) is 6.92 Å². The summed E-state index contributed by atoms with van der Waals surface area (Å²) in [4.78, 5) is 4.44. The Balaban J connectivity index is 2.32. The summed E-state index contributed by atoms with van der Waals surface area (Å²) in [6, 6.07) is 5.96. The van der Waals surface area contributed by atoms with Crippen molar-refractivity contribution < 1.29 is 8.42 Å². The summed E-state index contributed by atoms with van der Waals surface area (Å²) in [5.41, 5.74) is 2.98. The van der Waals surface area contributed by atoms with Crippen molar-refractivity contribution in [3.05, 3.63) is 29.6 Å². The molecule has 0 aliphatic rings. The largest absolute Gasteiger partial charge is 0.326 e. The molecule has 0 atom stereocenters. The van der Waals surface area contributed by atoms with E-state index in [0.29, 0.717) is 19.0 Å². The van der Waals surface area contributed by atoms with Gasteiger partial charge in [0.15, 0.2) is 0 Å². The lowest BCUT2D eigenvalue weighted by Crippen LogP contribution is -2.26. The van der Waals surface area contributed by atoms with Gasteiger partial charge in [0, 0.05) is 13.1 Å². The maximum atomic E-state index is 11.1. The first-order valence-corrected chi connectivity index (χ1v) is 8.29. The summed E-state index contributed by atoms with van der Waals surface area (Å²) in [5, 5.41) is 0. The Labute approximate surface area is 117 Å². The van der Waals surface area contributed by atoms with Crippen LogP contribution in [0.2, 0.25) is 0 Å². The summed E-state index contributed by atoms with van der Waals surface area (Å²) >= 11 is 5.89. The van der Waals surface area contributed by atoms with Gasteiger partial charge in [0.25, 0.3) is 0 Å². The molecule has 104 valence electrons. The topological polar surface area (TPSA) is 64.0 Å². The van der Waals surface area contributed by atoms with Crippen molar-refractivity contribution in [3.63, 3.8) is 0 Å². The van der Waals surface area contributed by atoms with Crippen molar-refractivity contribution in [2.45, 2.75) is 19.3 Å². The number of sulfonamides is 1. The van der Waals surface area contributed by atoms with Crippen molar-refractivity contribution in [1.29, 1.82) is 0 Å². The van der Waals surface area contributed by atoms with E-state index in [0.717, 1.165) is 28.7 Å². The minimum absolute atomic E-state index is 0.298. The van der Waals surface area contributed by atoms with Crippen LogP contribution >= 0.6 is 11.6 Å². The number of rotatable bonds is 5. The van der Waals surface area contributed by atoms with E-state index in [1.54, 1.807) is 0 Å². The Morgan fingerprint density at radius 2 is 2.16 bits per heavy atom. The fourth-order valence-electron chi connectivity index (χ4n) is 1.98. The SMILES string of the molecule is Cc1ccc2nc(CCl)n(CCNS(C)(=O)=O)c2c1. The fourth-order valence-corrected chi connectivity index (χ4v) is 2.64. The van der Waals surface area contributed by atoms with Gasteiger partial charge < -0.3 is 4.57 Å². The normalized spacial score (nSPS) is 12.2. The van der Waals surface area contributed by atoms with E-state index in [9.17, 15) is 8.42 Å². The number of aryl methyl sites for hydroxylation is 1. The number of fused-ring (bicyclic) bond motifs is 1. The lowest BCUT2D eigenvalue weighted by atomic mass is 10.2. The van der Waals surface area contributed by atoms with E-state index in [2.05, 4.69) is 9.71 Å². The first kappa shape index (κ1) is 14.3. The summed E-state index contributed by atoms with van der Waals surface area (Å²) in [6.45, 7) is 2.84. The molecule has 1 heterocycles. The van der Waals surface area contributed by atoms with Crippen molar-refractivity contribution in [2.75, 3.05) is 12.8 Å². The van der Waals surface area contributed by atoms with Gasteiger partial charge in [-0.2, -0.15) is 0 Å². The third-order valence-corrected chi connectivity index (χ3v) is 3.77. The zero-order chi connectivity index (χ0) is 14.0. The van der Waals surface area contributed by atoms with Crippen molar-refractivity contribution in [2.24, 2.45) is 0 Å². The molecule has 0 radical (unpaired) electrons. The lowest BCUT2D eigenvalue weighted by molar-refractivity contribution is 0.578. The second kappa shape index (κ2) is 5.48. The molecular formula is C12H16ClN3O2S. The zero-order valence-corrected chi connectivity index (χ0v) is 12.4. The molecule has 1 aromatic carbocycles. The molecule has 0 saturated heterocycles. The summed E-state index contributed by atoms with van der Waals surface area (Å²) in [6.07, 6.45) is 1.14. The number of hydrogen-bond donors (Lipinski definition) is 1. The molecule has 0 amide bonds. The monoisotopic (exact) mass is 301 g/mol. The highest BCUT2D eigenvalue weighted by Gasteiger charge is 2.10. The smallest absolute Gasteiger partial charge is 0.208 e. The highest BCUT2D eigenvalue weighted by atomic mass is 35.5. The van der Waals surface area contributed by atoms with E-state index in [1.165, 1.54) is 0 Å². The maximum Gasteiger partial charge on any atom is 0.208 e. The number of hydrogen-bond acceptors (Lipinski definition) is 3. The molecule has 0 saturated carbocycles. The average molecular weight is 302 g/mol. The van der Waals surface area contributed by atoms with Crippen LogP contribution < -0.4 is 4.72 Å². The quantitative estimate of drug-likeness (QED) is 0.854. The van der Waals surface area contributed by atoms with Gasteiger partial charge in [0.2, 0.25) is 10.0 Å². The molecule has 0 spiro atoms. The Morgan fingerprint density at radius 3 is 2.79 bits per heavy atom. The average Bonchev–Trinajstić information content (AvgIpc) is 2.65. The van der Waals surface area contributed by atoms with Crippen LogP contribution in [0.3, 0.4) is 0 Å². The van der Waals surface area contributed by atoms with Crippen LogP contribution in [0.15, 0.2) is 18.2 Å². The summed E-state index contributed by atoms with van der Waals surface area (Å²) < 4.78 is 26.6. The second-order valence-corrected chi connectivity index (χ2v) is 6.57. The zero-order valence-electron chi connectivity index (χ0n) is 10.9. The van der Waals surface area contributed by atoms with E-state index in [1.807, 2.05) is 29.7 Å². The summed E-state index contributed by atoms with van der Waals surface area (Å²) in [7, 11) is -3.18. The molecule has 0 aliphatic heterocycles. The standard InChI is InChI=1S/C12H16ClN3O2S/c1-9-3-4-10-11(7-9)16(12(8-13)15-10)6-5-14-19(2,17)18/h3-4,7,14H,5-6,8H2,1-2H3. The van der Waals surface area contributed by atoms with Crippen molar-refractivity contribution >= 4 is 32.7 Å². The van der Waals surface area contributed by atoms with Gasteiger partial charge >= 0.3 is 0 Å². The fraction of sp³-hybridized carbons (Fsp3) is 0.417. The minimum Gasteiger partial charge on any atom is -0.326 e. The molecule has 0 unspecified atom stereocenters. The van der Waals surface area contributed by atoms with Gasteiger partial charge in [-0.15, -0.1) is 11.6 Å². The van der Waals surface area contributed by atoms with Gasteiger partial charge in [-0.05, 0) is 24.6 Å². The Morgan fingerprint density at radius 1 is 1.42 bits per heavy atom. The number of benzene rings is 1. The van der Waals surface area contributed by atoms with Crippen LogP contribution in [0.5, 0.6) is 0 Å². The van der Waals surface area contributed by atoms with Crippen LogP contribution in [-0.4, -0.2) is 30.8 Å². The third kappa shape index (κ3) is 3.46. The van der Waals surface area contributed by atoms with Gasteiger partial charge in [-0.3, -0.25) is 0 Å². The van der Waals surface area contributed by atoms with Crippen LogP contribution in [-0.2, 0) is 22.4 Å². The van der Waals surface area contributed by atoms with E-state index >= 15 is 0 Å². The predicted molar refractivity (Wildman–Crippen MR) is 76.9 cm³/mol. The van der Waals surface area contributed by atoms with E-state index in [-0.39, 0.29) is 0 Å². The van der Waals surface area contributed by atoms with Crippen LogP contribution in [0.1, 0.15) is 11.4 Å². The molecule has 5 nitrogen and oxygen atoms in total. The highest BCUT2D eigenvalue weighted by Crippen LogP contribution is 2.18. The van der Waals surface area contributed by atoms with Gasteiger partial charge in [0.05, 0.1) is 23.2 Å². The number of aromatic nitrogens is 2. The molecular weight excluding hydrogens is 286 g/mol. The molecule has 1 aromatic heterocycles. The molecule has 0 bridgehead atoms. The second-order valence-electron chi connectivity index (χ2n) is 4.47. The van der Waals surface area contributed by atoms with Crippen LogP contribution in [0.4, 0.5) is 0 Å². The summed E-state index contributed by atoms with van der Waals surface area (Å²) in [5.74, 6) is 1.05. The van der Waals surface area contributed by atoms with E-state index < -0.39 is 10.0 Å².